The van der Waals surface area contributed by atoms with E-state index in [4.69, 9.17) is 4.74 Å². The van der Waals surface area contributed by atoms with Crippen LogP contribution in [0.4, 0.5) is 0 Å². The number of quaternary nitrogens is 1. The van der Waals surface area contributed by atoms with Gasteiger partial charge < -0.3 is 4.74 Å². The van der Waals surface area contributed by atoms with Gasteiger partial charge in [-0.2, -0.15) is 0 Å². The summed E-state index contributed by atoms with van der Waals surface area (Å²) in [4.78, 5) is 11.4. The van der Waals surface area contributed by atoms with Crippen LogP contribution in [0.2, 0.25) is 0 Å². The van der Waals surface area contributed by atoms with E-state index in [0.717, 1.165) is 17.6 Å². The Hall–Kier alpha value is -1.35. The molecule has 2 saturated heterocycles. The first-order valence-corrected chi connectivity index (χ1v) is 5.27. The lowest BCUT2D eigenvalue weighted by Crippen LogP contribution is -2.15. The molecule has 78 valence electrons. The van der Waals surface area contributed by atoms with Gasteiger partial charge in [-0.15, -0.1) is 0 Å². The molecule has 3 rings (SSSR count). The summed E-state index contributed by atoms with van der Waals surface area (Å²) in [6.07, 6.45) is 0. The second kappa shape index (κ2) is 2.83. The van der Waals surface area contributed by atoms with Crippen LogP contribution in [0.3, 0.4) is 0 Å². The lowest BCUT2D eigenvalue weighted by Gasteiger charge is -1.97. The summed E-state index contributed by atoms with van der Waals surface area (Å²) in [6, 6.07) is 11.1. The normalized spacial score (nSPS) is 36.3. The minimum atomic E-state index is -0.0477. The molecule has 2 aliphatic heterocycles. The zero-order chi connectivity index (χ0) is 10.5. The van der Waals surface area contributed by atoms with Gasteiger partial charge in [0.2, 0.25) is 6.04 Å². The average molecular weight is 204 g/mol. The number of carbonyl (C=O) groups is 1. The van der Waals surface area contributed by atoms with Crippen LogP contribution in [-0.4, -0.2) is 36.7 Å². The first kappa shape index (κ1) is 8.92. The molecule has 2 aliphatic rings. The van der Waals surface area contributed by atoms with E-state index in [9.17, 15) is 4.79 Å². The van der Waals surface area contributed by atoms with Gasteiger partial charge in [-0.05, 0) is 0 Å². The lowest BCUT2D eigenvalue weighted by molar-refractivity contribution is -0.681. The molecule has 15 heavy (non-hydrogen) atoms. The van der Waals surface area contributed by atoms with Gasteiger partial charge in [0.25, 0.3) is 0 Å². The van der Waals surface area contributed by atoms with E-state index in [-0.39, 0.29) is 12.0 Å². The van der Waals surface area contributed by atoms with Gasteiger partial charge in [-0.1, -0.05) is 30.3 Å². The Labute approximate surface area is 88.9 Å². The number of hydrogen-bond donors (Lipinski definition) is 0. The van der Waals surface area contributed by atoms with Gasteiger partial charge in [0, 0.05) is 5.56 Å². The van der Waals surface area contributed by atoms with Gasteiger partial charge in [-0.3, -0.25) is 4.48 Å². The Morgan fingerprint density at radius 2 is 2.07 bits per heavy atom. The lowest BCUT2D eigenvalue weighted by atomic mass is 10.2. The fourth-order valence-corrected chi connectivity index (χ4v) is 2.59. The fourth-order valence-electron chi connectivity index (χ4n) is 2.59. The van der Waals surface area contributed by atoms with Crippen LogP contribution in [0.5, 0.6) is 0 Å². The molecule has 3 nitrogen and oxygen atoms in total. The summed E-state index contributed by atoms with van der Waals surface area (Å²) in [6.45, 7) is 2.07. The van der Waals surface area contributed by atoms with Gasteiger partial charge in [-0.25, -0.2) is 4.79 Å². The quantitative estimate of drug-likeness (QED) is 0.410. The van der Waals surface area contributed by atoms with E-state index in [0.29, 0.717) is 6.04 Å². The van der Waals surface area contributed by atoms with Crippen LogP contribution in [-0.2, 0) is 9.53 Å². The minimum absolute atomic E-state index is 0.0477. The summed E-state index contributed by atoms with van der Waals surface area (Å²) in [5.74, 6) is -0.0477. The third-order valence-electron chi connectivity index (χ3n) is 3.66. The van der Waals surface area contributed by atoms with Crippen molar-refractivity contribution < 1.29 is 14.0 Å². The number of nitrogens with zero attached hydrogens (tertiary/aromatic N) is 1. The first-order chi connectivity index (χ1) is 7.28. The second-order valence-corrected chi connectivity index (χ2v) is 4.43. The maximum atomic E-state index is 11.4. The van der Waals surface area contributed by atoms with Crippen LogP contribution < -0.4 is 0 Å². The Kier molecular flexibility index (Phi) is 1.68. The number of ether oxygens (including phenoxy) is 1. The van der Waals surface area contributed by atoms with E-state index < -0.39 is 0 Å². The van der Waals surface area contributed by atoms with E-state index in [2.05, 4.69) is 24.3 Å². The summed E-state index contributed by atoms with van der Waals surface area (Å²) in [5, 5.41) is 0. The van der Waals surface area contributed by atoms with Crippen molar-refractivity contribution in [2.75, 3.05) is 20.2 Å². The molecule has 1 spiro atoms. The van der Waals surface area contributed by atoms with Crippen molar-refractivity contribution in [3.8, 4) is 0 Å². The number of esters is 1. The molecule has 1 aromatic rings. The van der Waals surface area contributed by atoms with E-state index in [1.165, 1.54) is 12.7 Å². The SMILES string of the molecule is COC(=O)C1C[N+]12CC2c1ccccc1. The van der Waals surface area contributed by atoms with Crippen LogP contribution in [0.25, 0.3) is 0 Å². The third-order valence-corrected chi connectivity index (χ3v) is 3.66. The van der Waals surface area contributed by atoms with Crippen LogP contribution in [0.15, 0.2) is 30.3 Å². The molecule has 0 radical (unpaired) electrons. The highest BCUT2D eigenvalue weighted by Crippen LogP contribution is 2.56. The van der Waals surface area contributed by atoms with Crippen molar-refractivity contribution in [1.29, 1.82) is 0 Å². The molecule has 2 heterocycles. The third kappa shape index (κ3) is 1.20. The molecule has 0 bridgehead atoms. The van der Waals surface area contributed by atoms with Crippen LogP contribution in [0.1, 0.15) is 11.6 Å². The molecule has 3 unspecified atom stereocenters. The van der Waals surface area contributed by atoms with Gasteiger partial charge >= 0.3 is 5.97 Å². The van der Waals surface area contributed by atoms with Crippen molar-refractivity contribution in [2.24, 2.45) is 0 Å². The topological polar surface area (TPSA) is 26.3 Å². The maximum absolute atomic E-state index is 11.4. The molecule has 3 heteroatoms. The fraction of sp³-hybridized carbons (Fsp3) is 0.417. The van der Waals surface area contributed by atoms with E-state index in [1.54, 1.807) is 0 Å². The first-order valence-electron chi connectivity index (χ1n) is 5.27. The van der Waals surface area contributed by atoms with Crippen molar-refractivity contribution in [1.82, 2.24) is 0 Å². The summed E-state index contributed by atoms with van der Waals surface area (Å²) in [5.41, 5.74) is 1.35. The largest absolute Gasteiger partial charge is 0.464 e. The Morgan fingerprint density at radius 1 is 1.33 bits per heavy atom. The van der Waals surface area contributed by atoms with Gasteiger partial charge in [0.05, 0.1) is 7.11 Å². The van der Waals surface area contributed by atoms with Gasteiger partial charge in [0.15, 0.2) is 6.04 Å². The maximum Gasteiger partial charge on any atom is 0.370 e. The zero-order valence-electron chi connectivity index (χ0n) is 8.72. The zero-order valence-corrected chi connectivity index (χ0v) is 8.72. The molecule has 0 aliphatic carbocycles. The minimum Gasteiger partial charge on any atom is -0.464 e. The van der Waals surface area contributed by atoms with Crippen molar-refractivity contribution >= 4 is 5.97 Å². The Bertz CT molecular complexity index is 403. The predicted molar refractivity (Wildman–Crippen MR) is 55.0 cm³/mol. The molecular weight excluding hydrogens is 190 g/mol. The van der Waals surface area contributed by atoms with E-state index in [1.807, 2.05) is 6.07 Å². The summed E-state index contributed by atoms with van der Waals surface area (Å²) in [7, 11) is 1.47. The highest BCUT2D eigenvalue weighted by Gasteiger charge is 2.76. The summed E-state index contributed by atoms with van der Waals surface area (Å²) < 4.78 is 5.72. The van der Waals surface area contributed by atoms with Crippen LogP contribution >= 0.6 is 0 Å². The smallest absolute Gasteiger partial charge is 0.370 e. The number of hydrogen-bond acceptors (Lipinski definition) is 2. The molecule has 0 saturated carbocycles. The van der Waals surface area contributed by atoms with Crippen LogP contribution in [0, 0.1) is 0 Å². The van der Waals surface area contributed by atoms with E-state index >= 15 is 0 Å². The molecule has 3 atom stereocenters. The van der Waals surface area contributed by atoms with Crippen molar-refractivity contribution in [2.45, 2.75) is 12.1 Å². The Balaban J connectivity index is 1.74. The molecule has 1 aromatic carbocycles. The monoisotopic (exact) mass is 204 g/mol. The predicted octanol–water partition coefficient (Wildman–Crippen LogP) is 1.11. The second-order valence-electron chi connectivity index (χ2n) is 4.43. The summed E-state index contributed by atoms with van der Waals surface area (Å²) >= 11 is 0. The van der Waals surface area contributed by atoms with Crippen molar-refractivity contribution in [3.05, 3.63) is 35.9 Å². The Morgan fingerprint density at radius 3 is 2.73 bits per heavy atom. The van der Waals surface area contributed by atoms with Gasteiger partial charge in [0.1, 0.15) is 13.1 Å². The molecule has 0 N–H and O–H groups in total. The number of benzene rings is 1. The van der Waals surface area contributed by atoms with Crippen molar-refractivity contribution in [3.63, 3.8) is 0 Å². The number of methoxy groups -OCH3 is 1. The molecular formula is C12H14NO2+. The molecule has 0 aromatic heterocycles. The molecule has 0 amide bonds. The number of rotatable bonds is 2. The number of carbonyl (C=O) groups excluding carboxylic acids is 1. The standard InChI is InChI=1S/C12H14NO2/c1-15-12(14)11-8-13(11)7-10(13)9-5-3-2-4-6-9/h2-6,10-11H,7-8H2,1H3/q+1. The molecule has 2 fully saturated rings. The average Bonchev–Trinajstić information content (AvgIpc) is 3.19. The highest BCUT2D eigenvalue weighted by atomic mass is 16.5. The highest BCUT2D eigenvalue weighted by molar-refractivity contribution is 5.77.